The van der Waals surface area contributed by atoms with Crippen LogP contribution in [-0.4, -0.2) is 185 Å². The Balaban J connectivity index is -0.000000173. The second-order valence-electron chi connectivity index (χ2n) is 4.72. The molecule has 2 radical (unpaired) electrons. The summed E-state index contributed by atoms with van der Waals surface area (Å²) in [7, 11) is 0. The van der Waals surface area contributed by atoms with E-state index in [1.54, 1.807) is 0 Å². The maximum Gasteiger partial charge on any atom is 0.151 e. The van der Waals surface area contributed by atoms with Crippen molar-refractivity contribution in [3.05, 3.63) is 0 Å². The van der Waals surface area contributed by atoms with Crippen LogP contribution in [0, 0.1) is 0 Å². The Morgan fingerprint density at radius 3 is 0.923 bits per heavy atom. The van der Waals surface area contributed by atoms with E-state index in [-0.39, 0.29) is 71.7 Å². The number of hydrogen-bond acceptors (Lipinski definition) is 12. The van der Waals surface area contributed by atoms with Crippen LogP contribution < -0.4 is 0 Å². The van der Waals surface area contributed by atoms with E-state index in [2.05, 4.69) is 0 Å². The van der Waals surface area contributed by atoms with Gasteiger partial charge < -0.3 is 60.7 Å². The summed E-state index contributed by atoms with van der Waals surface area (Å²) in [6.45, 7) is -1.52. The molecule has 0 aliphatic carbocycles. The largest absolute Gasteiger partial charge is 0.394 e. The van der Waals surface area contributed by atoms with E-state index in [0.717, 1.165) is 0 Å². The van der Waals surface area contributed by atoms with Gasteiger partial charge in [-0.15, -0.1) is 0 Å². The van der Waals surface area contributed by atoms with Crippen LogP contribution in [0.25, 0.3) is 0 Å². The molecule has 0 aromatic heterocycles. The van der Waals surface area contributed by atoms with E-state index >= 15 is 0 Å². The quantitative estimate of drug-likeness (QED) is 0.120. The number of aliphatic hydroxyl groups is 10. The van der Waals surface area contributed by atoms with Crippen LogP contribution in [0.4, 0.5) is 0 Å². The SMILES string of the molecule is O=C[C@H](O)[C@@H](O)[C@H](O)[C@H](O)CO.O=C[C@H](O)[C@@H](O)[C@H](O)[C@H](O)CO.[Na].[Na]. The summed E-state index contributed by atoms with van der Waals surface area (Å²) in [4.78, 5) is 19.8. The first-order chi connectivity index (χ1) is 11.1. The molecule has 0 heterocycles. The molecule has 8 atom stereocenters. The Bertz CT molecular complexity index is 318. The first kappa shape index (κ1) is 34.4. The van der Waals surface area contributed by atoms with E-state index in [9.17, 15) is 9.59 Å². The van der Waals surface area contributed by atoms with E-state index in [1.165, 1.54) is 0 Å². The monoisotopic (exact) mass is 406 g/mol. The molecule has 0 aromatic rings. The van der Waals surface area contributed by atoms with Crippen LogP contribution >= 0.6 is 0 Å². The van der Waals surface area contributed by atoms with Gasteiger partial charge in [0.25, 0.3) is 0 Å². The third kappa shape index (κ3) is 13.2. The van der Waals surface area contributed by atoms with Gasteiger partial charge in [-0.25, -0.2) is 0 Å². The van der Waals surface area contributed by atoms with Crippen molar-refractivity contribution in [1.82, 2.24) is 0 Å². The minimum Gasteiger partial charge on any atom is -0.394 e. The van der Waals surface area contributed by atoms with E-state index in [0.29, 0.717) is 0 Å². The standard InChI is InChI=1S/2C6H12O6.2Na/c2*7-1-3(9)5(11)6(12)4(10)2-8;;/h2*1,3-6,8-12H,2H2;;/t2*3-,4+,5+,6+;;/m00../s1. The second kappa shape index (κ2) is 19.3. The molecule has 0 amide bonds. The van der Waals surface area contributed by atoms with E-state index in [1.807, 2.05) is 0 Å². The Labute approximate surface area is 193 Å². The predicted molar refractivity (Wildman–Crippen MR) is 85.9 cm³/mol. The molecule has 0 saturated heterocycles. The summed E-state index contributed by atoms with van der Waals surface area (Å²) in [6, 6.07) is 0. The second-order valence-corrected chi connectivity index (χ2v) is 4.72. The van der Waals surface area contributed by atoms with Crippen molar-refractivity contribution >= 4 is 71.7 Å². The summed E-state index contributed by atoms with van der Waals surface area (Å²) < 4.78 is 0. The van der Waals surface area contributed by atoms with Crippen molar-refractivity contribution in [2.24, 2.45) is 0 Å². The third-order valence-corrected chi connectivity index (χ3v) is 2.84. The summed E-state index contributed by atoms with van der Waals surface area (Å²) in [5, 5.41) is 87.1. The van der Waals surface area contributed by atoms with Gasteiger partial charge in [-0.05, 0) is 0 Å². The van der Waals surface area contributed by atoms with Crippen molar-refractivity contribution in [2.75, 3.05) is 13.2 Å². The molecule has 0 saturated carbocycles. The van der Waals surface area contributed by atoms with Crippen LogP contribution in [-0.2, 0) is 9.59 Å². The Hall–Kier alpha value is 0.940. The Morgan fingerprint density at radius 1 is 0.538 bits per heavy atom. The van der Waals surface area contributed by atoms with Crippen molar-refractivity contribution in [3.8, 4) is 0 Å². The topological polar surface area (TPSA) is 236 Å². The number of aldehydes is 2. The first-order valence-electron chi connectivity index (χ1n) is 6.65. The van der Waals surface area contributed by atoms with Gasteiger partial charge in [0.2, 0.25) is 0 Å². The number of carbonyl (C=O) groups excluding carboxylic acids is 2. The Kier molecular flexibility index (Phi) is 25.5. The molecule has 26 heavy (non-hydrogen) atoms. The first-order valence-corrected chi connectivity index (χ1v) is 6.65. The fourth-order valence-electron chi connectivity index (χ4n) is 1.24. The molecule has 10 N–H and O–H groups in total. The van der Waals surface area contributed by atoms with Gasteiger partial charge >= 0.3 is 0 Å². The zero-order valence-electron chi connectivity index (χ0n) is 14.5. The molecule has 0 unspecified atom stereocenters. The molecule has 146 valence electrons. The summed E-state index contributed by atoms with van der Waals surface area (Å²) >= 11 is 0. The van der Waals surface area contributed by atoms with Crippen molar-refractivity contribution < 1.29 is 60.7 Å². The number of aliphatic hydroxyl groups excluding tert-OH is 10. The van der Waals surface area contributed by atoms with Crippen LogP contribution in [0.3, 0.4) is 0 Å². The maximum absolute atomic E-state index is 9.90. The average molecular weight is 406 g/mol. The van der Waals surface area contributed by atoms with Crippen LogP contribution in [0.15, 0.2) is 0 Å². The van der Waals surface area contributed by atoms with Crippen LogP contribution in [0.2, 0.25) is 0 Å². The predicted octanol–water partition coefficient (Wildman–Crippen LogP) is -7.52. The van der Waals surface area contributed by atoms with Gasteiger partial charge in [0.1, 0.15) is 48.8 Å². The molecule has 0 rings (SSSR count). The molecule has 0 aliphatic rings. The molecule has 0 spiro atoms. The molecule has 12 nitrogen and oxygen atoms in total. The molecule has 0 bridgehead atoms. The smallest absolute Gasteiger partial charge is 0.151 e. The maximum atomic E-state index is 9.90. The molecule has 0 aliphatic heterocycles. The van der Waals surface area contributed by atoms with Gasteiger partial charge in [-0.3, -0.25) is 0 Å². The number of hydrogen-bond donors (Lipinski definition) is 10. The normalized spacial score (nSPS) is 19.5. The zero-order valence-corrected chi connectivity index (χ0v) is 18.5. The minimum atomic E-state index is -1.79. The third-order valence-electron chi connectivity index (χ3n) is 2.84. The summed E-state index contributed by atoms with van der Waals surface area (Å²) in [6.07, 6.45) is -13.7. The molecule has 0 fully saturated rings. The van der Waals surface area contributed by atoms with Crippen LogP contribution in [0.5, 0.6) is 0 Å². The van der Waals surface area contributed by atoms with Crippen molar-refractivity contribution in [3.63, 3.8) is 0 Å². The Morgan fingerprint density at radius 2 is 0.769 bits per heavy atom. The summed E-state index contributed by atoms with van der Waals surface area (Å²) in [5.41, 5.74) is 0. The molecule has 14 heteroatoms. The van der Waals surface area contributed by atoms with Crippen molar-refractivity contribution in [2.45, 2.75) is 48.8 Å². The van der Waals surface area contributed by atoms with Gasteiger partial charge in [0, 0.05) is 59.1 Å². The van der Waals surface area contributed by atoms with Gasteiger partial charge in [-0.1, -0.05) is 0 Å². The van der Waals surface area contributed by atoms with Crippen LogP contribution in [0.1, 0.15) is 0 Å². The average Bonchev–Trinajstić information content (AvgIpc) is 2.62. The fraction of sp³-hybridized carbons (Fsp3) is 0.833. The minimum absolute atomic E-state index is 0. The number of rotatable bonds is 10. The van der Waals surface area contributed by atoms with E-state index < -0.39 is 62.0 Å². The van der Waals surface area contributed by atoms with E-state index in [4.69, 9.17) is 51.1 Å². The molecule has 0 aromatic carbocycles. The zero-order chi connectivity index (χ0) is 19.4. The molecular formula is C12H24Na2O12. The summed E-state index contributed by atoms with van der Waals surface area (Å²) in [5.74, 6) is 0. The molecular weight excluding hydrogens is 382 g/mol. The van der Waals surface area contributed by atoms with Gasteiger partial charge in [-0.2, -0.15) is 0 Å². The van der Waals surface area contributed by atoms with Gasteiger partial charge in [0.05, 0.1) is 13.2 Å². The van der Waals surface area contributed by atoms with Gasteiger partial charge in [0.15, 0.2) is 12.6 Å². The fourth-order valence-corrected chi connectivity index (χ4v) is 1.24. The van der Waals surface area contributed by atoms with Crippen molar-refractivity contribution in [1.29, 1.82) is 0 Å². The number of carbonyl (C=O) groups is 2.